The Hall–Kier alpha value is -3.27. The zero-order valence-corrected chi connectivity index (χ0v) is 14.4. The summed E-state index contributed by atoms with van der Waals surface area (Å²) in [4.78, 5) is 15.0. The molecule has 0 aliphatic carbocycles. The topological polar surface area (TPSA) is 38.4 Å². The average molecular weight is 342 g/mol. The Morgan fingerprint density at radius 1 is 0.962 bits per heavy atom. The summed E-state index contributed by atoms with van der Waals surface area (Å²) in [7, 11) is 2.05. The molecule has 3 heterocycles. The molecule has 0 spiro atoms. The summed E-state index contributed by atoms with van der Waals surface area (Å²) in [5, 5.41) is 1.17. The van der Waals surface area contributed by atoms with Crippen molar-refractivity contribution in [1.29, 1.82) is 0 Å². The van der Waals surface area contributed by atoms with Gasteiger partial charge in [0, 0.05) is 35.3 Å². The molecule has 4 nitrogen and oxygen atoms in total. The first-order valence-corrected chi connectivity index (χ1v) is 8.70. The molecule has 0 saturated heterocycles. The van der Waals surface area contributed by atoms with E-state index in [2.05, 4.69) is 29.0 Å². The summed E-state index contributed by atoms with van der Waals surface area (Å²) in [5.74, 6) is 0.839. The van der Waals surface area contributed by atoms with Crippen LogP contribution in [0.4, 0.5) is 0 Å². The molecule has 1 aliphatic rings. The Morgan fingerprint density at radius 3 is 2.62 bits per heavy atom. The summed E-state index contributed by atoms with van der Waals surface area (Å²) < 4.78 is 7.65. The summed E-state index contributed by atoms with van der Waals surface area (Å²) >= 11 is 0. The third-order valence-corrected chi connectivity index (χ3v) is 5.19. The van der Waals surface area contributed by atoms with Gasteiger partial charge in [0.15, 0.2) is 0 Å². The van der Waals surface area contributed by atoms with Crippen LogP contribution >= 0.6 is 0 Å². The standard InChI is InChI=1S/C22H18N2O2/c1-23-14-19(16-8-4-5-11-20(16)23)21-17-9-2-3-10-18(17)22(25)24(21)13-15-7-6-12-26-15/h2-12,14,21H,13H2,1H3/t21-/m1/s1. The van der Waals surface area contributed by atoms with Gasteiger partial charge in [0.05, 0.1) is 18.8 Å². The third-order valence-electron chi connectivity index (χ3n) is 5.19. The second kappa shape index (κ2) is 5.63. The number of furan rings is 1. The fourth-order valence-corrected chi connectivity index (χ4v) is 4.03. The van der Waals surface area contributed by atoms with Gasteiger partial charge in [-0.1, -0.05) is 36.4 Å². The summed E-state index contributed by atoms with van der Waals surface area (Å²) in [6.07, 6.45) is 3.79. The van der Waals surface area contributed by atoms with Crippen molar-refractivity contribution >= 4 is 16.8 Å². The van der Waals surface area contributed by atoms with Gasteiger partial charge in [-0.25, -0.2) is 0 Å². The Balaban J connectivity index is 1.71. The number of hydrogen-bond donors (Lipinski definition) is 0. The van der Waals surface area contributed by atoms with Gasteiger partial charge in [0.25, 0.3) is 5.91 Å². The van der Waals surface area contributed by atoms with Gasteiger partial charge < -0.3 is 13.9 Å². The van der Waals surface area contributed by atoms with Gasteiger partial charge in [-0.05, 0) is 29.8 Å². The van der Waals surface area contributed by atoms with Gasteiger partial charge >= 0.3 is 0 Å². The van der Waals surface area contributed by atoms with E-state index < -0.39 is 0 Å². The van der Waals surface area contributed by atoms with Crippen LogP contribution in [0.25, 0.3) is 10.9 Å². The van der Waals surface area contributed by atoms with Crippen LogP contribution in [0.5, 0.6) is 0 Å². The molecule has 4 heteroatoms. The minimum atomic E-state index is -0.116. The molecule has 0 bridgehead atoms. The van der Waals surface area contributed by atoms with E-state index in [-0.39, 0.29) is 11.9 Å². The second-order valence-corrected chi connectivity index (χ2v) is 6.71. The number of carbonyl (C=O) groups excluding carboxylic acids is 1. The molecule has 2 aromatic heterocycles. The fraction of sp³-hybridized carbons (Fsp3) is 0.136. The highest BCUT2D eigenvalue weighted by Crippen LogP contribution is 2.42. The van der Waals surface area contributed by atoms with Crippen LogP contribution in [-0.4, -0.2) is 15.4 Å². The highest BCUT2D eigenvalue weighted by Gasteiger charge is 2.39. The maximum Gasteiger partial charge on any atom is 0.255 e. The molecule has 0 saturated carbocycles. The molecule has 26 heavy (non-hydrogen) atoms. The molecule has 4 aromatic rings. The molecular weight excluding hydrogens is 324 g/mol. The van der Waals surface area contributed by atoms with Gasteiger partial charge in [-0.2, -0.15) is 0 Å². The van der Waals surface area contributed by atoms with Crippen LogP contribution in [0, 0.1) is 0 Å². The van der Waals surface area contributed by atoms with E-state index in [0.717, 1.165) is 28.0 Å². The Kier molecular flexibility index (Phi) is 3.25. The van der Waals surface area contributed by atoms with Gasteiger partial charge in [0.1, 0.15) is 5.76 Å². The highest BCUT2D eigenvalue weighted by atomic mass is 16.3. The molecule has 0 unspecified atom stereocenters. The molecule has 1 amide bonds. The van der Waals surface area contributed by atoms with E-state index in [4.69, 9.17) is 4.42 Å². The Bertz CT molecular complexity index is 1110. The van der Waals surface area contributed by atoms with E-state index in [9.17, 15) is 4.79 Å². The van der Waals surface area contributed by atoms with Crippen molar-refractivity contribution in [3.63, 3.8) is 0 Å². The van der Waals surface area contributed by atoms with Crippen molar-refractivity contribution in [2.75, 3.05) is 0 Å². The number of rotatable bonds is 3. The Morgan fingerprint density at radius 2 is 1.77 bits per heavy atom. The predicted octanol–water partition coefficient (Wildman–Crippen LogP) is 4.52. The number of carbonyl (C=O) groups is 1. The van der Waals surface area contributed by atoms with E-state index in [1.807, 2.05) is 54.4 Å². The number of hydrogen-bond acceptors (Lipinski definition) is 2. The summed E-state index contributed by atoms with van der Waals surface area (Å²) in [6.45, 7) is 0.453. The minimum absolute atomic E-state index is 0.0509. The lowest BCUT2D eigenvalue weighted by Crippen LogP contribution is -2.28. The number of aryl methyl sites for hydroxylation is 1. The van der Waals surface area contributed by atoms with E-state index in [1.165, 1.54) is 5.39 Å². The van der Waals surface area contributed by atoms with Crippen molar-refractivity contribution in [3.05, 3.63) is 95.6 Å². The SMILES string of the molecule is Cn1cc([C@H]2c3ccccc3C(=O)N2Cc2ccco2)c2ccccc21. The molecule has 5 rings (SSSR count). The lowest BCUT2D eigenvalue weighted by atomic mass is 9.97. The minimum Gasteiger partial charge on any atom is -0.467 e. The number of nitrogens with zero attached hydrogens (tertiary/aromatic N) is 2. The van der Waals surface area contributed by atoms with E-state index >= 15 is 0 Å². The molecule has 128 valence electrons. The van der Waals surface area contributed by atoms with Gasteiger partial charge in [-0.15, -0.1) is 0 Å². The molecule has 2 aromatic carbocycles. The highest BCUT2D eigenvalue weighted by molar-refractivity contribution is 6.00. The third kappa shape index (κ3) is 2.12. The maximum atomic E-state index is 13.1. The van der Waals surface area contributed by atoms with Crippen LogP contribution in [0.15, 0.2) is 77.5 Å². The smallest absolute Gasteiger partial charge is 0.255 e. The van der Waals surface area contributed by atoms with Crippen molar-refractivity contribution in [2.45, 2.75) is 12.6 Å². The summed E-state index contributed by atoms with van der Waals surface area (Å²) in [6, 6.07) is 19.9. The quantitative estimate of drug-likeness (QED) is 0.549. The number of amides is 1. The van der Waals surface area contributed by atoms with Crippen LogP contribution in [-0.2, 0) is 13.6 Å². The van der Waals surface area contributed by atoms with Gasteiger partial charge in [0.2, 0.25) is 0 Å². The monoisotopic (exact) mass is 342 g/mol. The van der Waals surface area contributed by atoms with E-state index in [1.54, 1.807) is 6.26 Å². The van der Waals surface area contributed by atoms with Gasteiger partial charge in [-0.3, -0.25) is 4.79 Å². The number of aromatic nitrogens is 1. The molecule has 1 atom stereocenters. The van der Waals surface area contributed by atoms with Crippen molar-refractivity contribution < 1.29 is 9.21 Å². The molecule has 0 N–H and O–H groups in total. The zero-order valence-electron chi connectivity index (χ0n) is 14.4. The first-order chi connectivity index (χ1) is 12.7. The first-order valence-electron chi connectivity index (χ1n) is 8.70. The first kappa shape index (κ1) is 15.0. The number of benzene rings is 2. The lowest BCUT2D eigenvalue weighted by molar-refractivity contribution is 0.0723. The van der Waals surface area contributed by atoms with Crippen LogP contribution < -0.4 is 0 Å². The van der Waals surface area contributed by atoms with Crippen molar-refractivity contribution in [3.8, 4) is 0 Å². The zero-order chi connectivity index (χ0) is 17.7. The van der Waals surface area contributed by atoms with Crippen molar-refractivity contribution in [2.24, 2.45) is 7.05 Å². The largest absolute Gasteiger partial charge is 0.467 e. The van der Waals surface area contributed by atoms with E-state index in [0.29, 0.717) is 6.54 Å². The second-order valence-electron chi connectivity index (χ2n) is 6.71. The van der Waals surface area contributed by atoms with Crippen LogP contribution in [0.2, 0.25) is 0 Å². The summed E-state index contributed by atoms with van der Waals surface area (Å²) in [5.41, 5.74) is 4.14. The molecule has 0 radical (unpaired) electrons. The fourth-order valence-electron chi connectivity index (χ4n) is 4.03. The molecular formula is C22H18N2O2. The maximum absolute atomic E-state index is 13.1. The average Bonchev–Trinajstić information content (AvgIpc) is 3.36. The van der Waals surface area contributed by atoms with Crippen LogP contribution in [0.1, 0.15) is 33.3 Å². The van der Waals surface area contributed by atoms with Crippen molar-refractivity contribution in [1.82, 2.24) is 9.47 Å². The lowest BCUT2D eigenvalue weighted by Gasteiger charge is -2.24. The number of fused-ring (bicyclic) bond motifs is 2. The molecule has 0 fully saturated rings. The molecule has 1 aliphatic heterocycles. The number of para-hydroxylation sites is 1. The van der Waals surface area contributed by atoms with Crippen LogP contribution in [0.3, 0.4) is 0 Å². The normalized spacial score (nSPS) is 16.4. The predicted molar refractivity (Wildman–Crippen MR) is 99.8 cm³/mol. The Labute approximate surface area is 151 Å².